The van der Waals surface area contributed by atoms with Crippen molar-refractivity contribution >= 4 is 29.1 Å². The van der Waals surface area contributed by atoms with Crippen LogP contribution in [0.2, 0.25) is 0 Å². The predicted molar refractivity (Wildman–Crippen MR) is 71.2 cm³/mol. The fraction of sp³-hybridized carbons (Fsp3) is 0.333. The molecule has 2 heterocycles. The molecule has 0 spiro atoms. The highest BCUT2D eigenvalue weighted by Crippen LogP contribution is 2.37. The summed E-state index contributed by atoms with van der Waals surface area (Å²) in [5.74, 6) is 0.520. The van der Waals surface area contributed by atoms with Crippen LogP contribution < -0.4 is 0 Å². The standard InChI is InChI=1S/C12H13NO3S2/c1-7-6-17-12(13-7)18-8(2)9-4-5-10(16-9)11(14)15-3/h4-6,8H,1-3H3/t8-/m0/s1. The van der Waals surface area contributed by atoms with Crippen LogP contribution in [0.25, 0.3) is 0 Å². The number of esters is 1. The summed E-state index contributed by atoms with van der Waals surface area (Å²) in [6.45, 7) is 3.98. The van der Waals surface area contributed by atoms with Gasteiger partial charge >= 0.3 is 5.97 Å². The summed E-state index contributed by atoms with van der Waals surface area (Å²) in [7, 11) is 1.33. The van der Waals surface area contributed by atoms with Crippen LogP contribution in [0.4, 0.5) is 0 Å². The van der Waals surface area contributed by atoms with Gasteiger partial charge < -0.3 is 9.15 Å². The van der Waals surface area contributed by atoms with E-state index in [1.54, 1.807) is 35.2 Å². The van der Waals surface area contributed by atoms with Crippen molar-refractivity contribution < 1.29 is 13.9 Å². The molecule has 0 N–H and O–H groups in total. The number of hydrogen-bond donors (Lipinski definition) is 0. The Hall–Kier alpha value is -1.27. The smallest absolute Gasteiger partial charge is 0.373 e. The topological polar surface area (TPSA) is 52.3 Å². The molecular formula is C12H13NO3S2. The number of aryl methyl sites for hydroxylation is 1. The zero-order valence-corrected chi connectivity index (χ0v) is 11.9. The van der Waals surface area contributed by atoms with E-state index >= 15 is 0 Å². The number of aromatic nitrogens is 1. The summed E-state index contributed by atoms with van der Waals surface area (Å²) in [5.41, 5.74) is 1.02. The minimum Gasteiger partial charge on any atom is -0.463 e. The zero-order valence-electron chi connectivity index (χ0n) is 10.3. The largest absolute Gasteiger partial charge is 0.463 e. The highest BCUT2D eigenvalue weighted by molar-refractivity contribution is 8.01. The molecule has 2 aromatic rings. The van der Waals surface area contributed by atoms with E-state index in [4.69, 9.17) is 4.42 Å². The molecule has 0 aliphatic rings. The Morgan fingerprint density at radius 1 is 1.56 bits per heavy atom. The van der Waals surface area contributed by atoms with Gasteiger partial charge in [-0.3, -0.25) is 0 Å². The Morgan fingerprint density at radius 3 is 2.94 bits per heavy atom. The molecule has 0 aliphatic carbocycles. The maximum atomic E-state index is 11.3. The van der Waals surface area contributed by atoms with Crippen LogP contribution in [0.15, 0.2) is 26.3 Å². The van der Waals surface area contributed by atoms with Gasteiger partial charge in [0.2, 0.25) is 5.76 Å². The van der Waals surface area contributed by atoms with Gasteiger partial charge in [-0.1, -0.05) is 11.8 Å². The molecule has 2 aromatic heterocycles. The van der Waals surface area contributed by atoms with Crippen molar-refractivity contribution in [2.45, 2.75) is 23.4 Å². The van der Waals surface area contributed by atoms with Crippen molar-refractivity contribution in [3.63, 3.8) is 0 Å². The first kappa shape index (κ1) is 13.2. The van der Waals surface area contributed by atoms with Crippen LogP contribution in [-0.4, -0.2) is 18.1 Å². The quantitative estimate of drug-likeness (QED) is 0.633. The average molecular weight is 283 g/mol. The van der Waals surface area contributed by atoms with Gasteiger partial charge in [-0.25, -0.2) is 9.78 Å². The number of furan rings is 1. The van der Waals surface area contributed by atoms with Crippen LogP contribution in [0.1, 0.15) is 34.2 Å². The molecule has 0 radical (unpaired) electrons. The van der Waals surface area contributed by atoms with Gasteiger partial charge in [-0.2, -0.15) is 0 Å². The first-order chi connectivity index (χ1) is 8.60. The number of thioether (sulfide) groups is 1. The molecule has 18 heavy (non-hydrogen) atoms. The predicted octanol–water partition coefficient (Wildman–Crippen LogP) is 3.68. The van der Waals surface area contributed by atoms with Crippen LogP contribution in [-0.2, 0) is 4.74 Å². The number of rotatable bonds is 4. The summed E-state index contributed by atoms with van der Waals surface area (Å²) in [6.07, 6.45) is 0. The third-order valence-corrected chi connectivity index (χ3v) is 4.50. The number of nitrogens with zero attached hydrogens (tertiary/aromatic N) is 1. The van der Waals surface area contributed by atoms with Gasteiger partial charge in [0.05, 0.1) is 12.4 Å². The second-order valence-electron chi connectivity index (χ2n) is 3.71. The molecular weight excluding hydrogens is 270 g/mol. The van der Waals surface area contributed by atoms with Gasteiger partial charge in [0, 0.05) is 11.1 Å². The van der Waals surface area contributed by atoms with E-state index in [1.807, 2.05) is 19.2 Å². The lowest BCUT2D eigenvalue weighted by atomic mass is 10.3. The lowest BCUT2D eigenvalue weighted by Crippen LogP contribution is -1.98. The van der Waals surface area contributed by atoms with Crippen molar-refractivity contribution in [1.29, 1.82) is 0 Å². The van der Waals surface area contributed by atoms with Crippen molar-refractivity contribution in [3.05, 3.63) is 34.7 Å². The molecule has 0 saturated carbocycles. The lowest BCUT2D eigenvalue weighted by Gasteiger charge is -2.05. The first-order valence-corrected chi connectivity index (χ1v) is 7.13. The minimum atomic E-state index is -0.455. The fourth-order valence-corrected chi connectivity index (χ4v) is 3.44. The monoisotopic (exact) mass is 283 g/mol. The van der Waals surface area contributed by atoms with E-state index in [0.717, 1.165) is 15.8 Å². The molecule has 0 unspecified atom stereocenters. The van der Waals surface area contributed by atoms with Gasteiger partial charge in [-0.15, -0.1) is 11.3 Å². The van der Waals surface area contributed by atoms with Crippen LogP contribution in [0.3, 0.4) is 0 Å². The zero-order chi connectivity index (χ0) is 13.1. The third-order valence-electron chi connectivity index (χ3n) is 2.29. The molecule has 0 aromatic carbocycles. The number of ether oxygens (including phenoxy) is 1. The maximum Gasteiger partial charge on any atom is 0.373 e. The van der Waals surface area contributed by atoms with E-state index in [9.17, 15) is 4.79 Å². The number of carbonyl (C=O) groups is 1. The lowest BCUT2D eigenvalue weighted by molar-refractivity contribution is 0.0563. The van der Waals surface area contributed by atoms with Crippen LogP contribution in [0.5, 0.6) is 0 Å². The van der Waals surface area contributed by atoms with Crippen molar-refractivity contribution in [2.24, 2.45) is 0 Å². The molecule has 0 saturated heterocycles. The summed E-state index contributed by atoms with van der Waals surface area (Å²) in [6, 6.07) is 3.43. The Kier molecular flexibility index (Phi) is 4.08. The molecule has 6 heteroatoms. The van der Waals surface area contributed by atoms with Crippen molar-refractivity contribution in [1.82, 2.24) is 4.98 Å². The molecule has 4 nitrogen and oxygen atoms in total. The number of carbonyl (C=O) groups excluding carboxylic acids is 1. The second-order valence-corrected chi connectivity index (χ2v) is 6.15. The van der Waals surface area contributed by atoms with E-state index in [2.05, 4.69) is 9.72 Å². The Labute approximate surface area is 113 Å². The highest BCUT2D eigenvalue weighted by Gasteiger charge is 2.17. The van der Waals surface area contributed by atoms with E-state index in [0.29, 0.717) is 0 Å². The highest BCUT2D eigenvalue weighted by atomic mass is 32.2. The Bertz CT molecular complexity index is 547. The normalized spacial score (nSPS) is 12.4. The second kappa shape index (κ2) is 5.58. The maximum absolute atomic E-state index is 11.3. The SMILES string of the molecule is COC(=O)c1ccc([C@H](C)Sc2nc(C)cs2)o1. The molecule has 0 bridgehead atoms. The van der Waals surface area contributed by atoms with Crippen LogP contribution in [0, 0.1) is 6.92 Å². The van der Waals surface area contributed by atoms with E-state index < -0.39 is 5.97 Å². The average Bonchev–Trinajstić information content (AvgIpc) is 2.97. The Balaban J connectivity index is 2.07. The van der Waals surface area contributed by atoms with Gasteiger partial charge in [-0.05, 0) is 26.0 Å². The number of thiazole rings is 1. The molecule has 0 amide bonds. The van der Waals surface area contributed by atoms with Crippen molar-refractivity contribution in [2.75, 3.05) is 7.11 Å². The Morgan fingerprint density at radius 2 is 2.33 bits per heavy atom. The summed E-state index contributed by atoms with van der Waals surface area (Å²) in [5, 5.41) is 2.12. The molecule has 0 fully saturated rings. The van der Waals surface area contributed by atoms with Crippen LogP contribution >= 0.6 is 23.1 Å². The fourth-order valence-electron chi connectivity index (χ4n) is 1.38. The molecule has 0 aliphatic heterocycles. The molecule has 2 rings (SSSR count). The number of hydrogen-bond acceptors (Lipinski definition) is 6. The third kappa shape index (κ3) is 2.94. The van der Waals surface area contributed by atoms with Gasteiger partial charge in [0.1, 0.15) is 5.76 Å². The summed E-state index contributed by atoms with van der Waals surface area (Å²) in [4.78, 5) is 15.7. The molecule has 96 valence electrons. The van der Waals surface area contributed by atoms with Gasteiger partial charge in [0.25, 0.3) is 0 Å². The van der Waals surface area contributed by atoms with Crippen molar-refractivity contribution in [3.8, 4) is 0 Å². The summed E-state index contributed by atoms with van der Waals surface area (Å²) < 4.78 is 11.1. The molecule has 1 atom stereocenters. The van der Waals surface area contributed by atoms with E-state index in [1.165, 1.54) is 7.11 Å². The van der Waals surface area contributed by atoms with Gasteiger partial charge in [0.15, 0.2) is 4.34 Å². The number of methoxy groups -OCH3 is 1. The minimum absolute atomic E-state index is 0.106. The first-order valence-electron chi connectivity index (χ1n) is 5.37. The van der Waals surface area contributed by atoms with E-state index in [-0.39, 0.29) is 11.0 Å². The summed E-state index contributed by atoms with van der Waals surface area (Å²) >= 11 is 3.22.